The first-order valence-electron chi connectivity index (χ1n) is 5.82. The number of ether oxygens (including phenoxy) is 2. The van der Waals surface area contributed by atoms with Gasteiger partial charge in [-0.3, -0.25) is 0 Å². The van der Waals surface area contributed by atoms with E-state index in [-0.39, 0.29) is 11.1 Å². The molecule has 0 aliphatic heterocycles. The van der Waals surface area contributed by atoms with E-state index in [1.807, 2.05) is 0 Å². The zero-order chi connectivity index (χ0) is 14.7. The Labute approximate surface area is 115 Å². The topological polar surface area (TPSA) is 55.8 Å². The summed E-state index contributed by atoms with van der Waals surface area (Å²) in [6.07, 6.45) is 0. The molecule has 0 atom stereocenters. The van der Waals surface area contributed by atoms with Gasteiger partial charge in [-0.1, -0.05) is 12.1 Å². The number of hydrogen-bond acceptors (Lipinski definition) is 3. The summed E-state index contributed by atoms with van der Waals surface area (Å²) in [4.78, 5) is 11.0. The van der Waals surface area contributed by atoms with Crippen LogP contribution in [0.25, 0.3) is 11.1 Å². The van der Waals surface area contributed by atoms with Crippen molar-refractivity contribution in [3.8, 4) is 22.6 Å². The molecule has 1 N–H and O–H groups in total. The SMILES string of the molecule is COc1cc(OC)cc(-c2cccc(C(=O)O)c2F)c1. The van der Waals surface area contributed by atoms with Gasteiger partial charge in [0.1, 0.15) is 17.3 Å². The van der Waals surface area contributed by atoms with Crippen molar-refractivity contribution in [3.05, 3.63) is 47.8 Å². The van der Waals surface area contributed by atoms with Gasteiger partial charge in [0.05, 0.1) is 19.8 Å². The Kier molecular flexibility index (Phi) is 3.89. The Hall–Kier alpha value is -2.56. The quantitative estimate of drug-likeness (QED) is 0.931. The van der Waals surface area contributed by atoms with Crippen LogP contribution in [0.3, 0.4) is 0 Å². The Bertz CT molecular complexity index is 630. The molecule has 20 heavy (non-hydrogen) atoms. The molecule has 0 bridgehead atoms. The molecule has 0 aliphatic rings. The second-order valence-electron chi connectivity index (χ2n) is 4.07. The predicted molar refractivity (Wildman–Crippen MR) is 71.9 cm³/mol. The van der Waals surface area contributed by atoms with E-state index in [2.05, 4.69) is 0 Å². The average Bonchev–Trinajstić information content (AvgIpc) is 2.46. The Balaban J connectivity index is 2.62. The summed E-state index contributed by atoms with van der Waals surface area (Å²) in [5.74, 6) is -1.09. The van der Waals surface area contributed by atoms with Crippen LogP contribution in [0.4, 0.5) is 4.39 Å². The summed E-state index contributed by atoms with van der Waals surface area (Å²) in [5.41, 5.74) is 0.299. The van der Waals surface area contributed by atoms with Crippen molar-refractivity contribution in [2.24, 2.45) is 0 Å². The molecule has 0 radical (unpaired) electrons. The fourth-order valence-electron chi connectivity index (χ4n) is 1.88. The van der Waals surface area contributed by atoms with Crippen LogP contribution in [0.2, 0.25) is 0 Å². The highest BCUT2D eigenvalue weighted by Gasteiger charge is 2.16. The van der Waals surface area contributed by atoms with Crippen LogP contribution in [0.15, 0.2) is 36.4 Å². The molecule has 0 unspecified atom stereocenters. The molecular weight excluding hydrogens is 263 g/mol. The second-order valence-corrected chi connectivity index (χ2v) is 4.07. The third kappa shape index (κ3) is 2.56. The van der Waals surface area contributed by atoms with Crippen LogP contribution >= 0.6 is 0 Å². The van der Waals surface area contributed by atoms with Crippen molar-refractivity contribution < 1.29 is 23.8 Å². The van der Waals surface area contributed by atoms with Crippen molar-refractivity contribution in [3.63, 3.8) is 0 Å². The number of carboxylic acid groups (broad SMARTS) is 1. The molecule has 0 aliphatic carbocycles. The first kappa shape index (κ1) is 13.9. The number of benzene rings is 2. The van der Waals surface area contributed by atoms with Gasteiger partial charge in [0.2, 0.25) is 0 Å². The van der Waals surface area contributed by atoms with Crippen LogP contribution in [-0.4, -0.2) is 25.3 Å². The van der Waals surface area contributed by atoms with Gasteiger partial charge in [0, 0.05) is 11.6 Å². The van der Waals surface area contributed by atoms with Gasteiger partial charge in [-0.05, 0) is 23.8 Å². The average molecular weight is 276 g/mol. The molecule has 2 aromatic rings. The molecule has 0 saturated heterocycles. The molecule has 0 spiro atoms. The van der Waals surface area contributed by atoms with Crippen LogP contribution in [0.1, 0.15) is 10.4 Å². The maximum absolute atomic E-state index is 14.2. The molecule has 0 amide bonds. The van der Waals surface area contributed by atoms with Crippen molar-refractivity contribution in [2.45, 2.75) is 0 Å². The standard InChI is InChI=1S/C15H13FO4/c1-19-10-6-9(7-11(8-10)20-2)12-4-3-5-13(14(12)16)15(17)18/h3-8H,1-2H3,(H,17,18). The third-order valence-electron chi connectivity index (χ3n) is 2.89. The fourth-order valence-corrected chi connectivity index (χ4v) is 1.88. The molecular formula is C15H13FO4. The Morgan fingerprint density at radius 3 is 2.20 bits per heavy atom. The van der Waals surface area contributed by atoms with E-state index >= 15 is 0 Å². The highest BCUT2D eigenvalue weighted by atomic mass is 19.1. The molecule has 2 aromatic carbocycles. The second kappa shape index (κ2) is 5.61. The van der Waals surface area contributed by atoms with Crippen molar-refractivity contribution >= 4 is 5.97 Å². The number of carboxylic acids is 1. The first-order chi connectivity index (χ1) is 9.56. The Morgan fingerprint density at radius 1 is 1.10 bits per heavy atom. The zero-order valence-electron chi connectivity index (χ0n) is 11.0. The normalized spacial score (nSPS) is 10.2. The summed E-state index contributed by atoms with van der Waals surface area (Å²) in [7, 11) is 2.98. The lowest BCUT2D eigenvalue weighted by Crippen LogP contribution is -2.01. The predicted octanol–water partition coefficient (Wildman–Crippen LogP) is 3.21. The lowest BCUT2D eigenvalue weighted by Gasteiger charge is -2.10. The molecule has 5 heteroatoms. The first-order valence-corrected chi connectivity index (χ1v) is 5.82. The van der Waals surface area contributed by atoms with E-state index in [1.54, 1.807) is 18.2 Å². The van der Waals surface area contributed by atoms with E-state index in [4.69, 9.17) is 14.6 Å². The van der Waals surface area contributed by atoms with Crippen molar-refractivity contribution in [2.75, 3.05) is 14.2 Å². The molecule has 0 aromatic heterocycles. The highest BCUT2D eigenvalue weighted by molar-refractivity contribution is 5.90. The smallest absolute Gasteiger partial charge is 0.338 e. The zero-order valence-corrected chi connectivity index (χ0v) is 11.0. The van der Waals surface area contributed by atoms with Crippen molar-refractivity contribution in [1.29, 1.82) is 0 Å². The summed E-state index contributed by atoms with van der Waals surface area (Å²) in [6, 6.07) is 9.12. The van der Waals surface area contributed by atoms with Crippen LogP contribution in [-0.2, 0) is 0 Å². The third-order valence-corrected chi connectivity index (χ3v) is 2.89. The molecule has 0 heterocycles. The van der Waals surface area contributed by atoms with Gasteiger partial charge in [0.15, 0.2) is 0 Å². The van der Waals surface area contributed by atoms with Gasteiger partial charge in [-0.15, -0.1) is 0 Å². The molecule has 0 saturated carbocycles. The minimum Gasteiger partial charge on any atom is -0.497 e. The lowest BCUT2D eigenvalue weighted by atomic mass is 10.0. The number of halogens is 1. The number of aromatic carboxylic acids is 1. The van der Waals surface area contributed by atoms with Gasteiger partial charge >= 0.3 is 5.97 Å². The van der Waals surface area contributed by atoms with E-state index < -0.39 is 11.8 Å². The van der Waals surface area contributed by atoms with E-state index in [0.717, 1.165) is 0 Å². The van der Waals surface area contributed by atoms with E-state index in [0.29, 0.717) is 17.1 Å². The van der Waals surface area contributed by atoms with Gasteiger partial charge in [0.25, 0.3) is 0 Å². The number of carbonyl (C=O) groups is 1. The highest BCUT2D eigenvalue weighted by Crippen LogP contribution is 2.32. The maximum atomic E-state index is 14.2. The monoisotopic (exact) mass is 276 g/mol. The summed E-state index contributed by atoms with van der Waals surface area (Å²) in [6.45, 7) is 0. The molecule has 0 fully saturated rings. The fraction of sp³-hybridized carbons (Fsp3) is 0.133. The molecule has 104 valence electrons. The van der Waals surface area contributed by atoms with Gasteiger partial charge in [-0.25, -0.2) is 9.18 Å². The van der Waals surface area contributed by atoms with Gasteiger partial charge < -0.3 is 14.6 Å². The van der Waals surface area contributed by atoms with Crippen LogP contribution in [0, 0.1) is 5.82 Å². The van der Waals surface area contributed by atoms with Crippen molar-refractivity contribution in [1.82, 2.24) is 0 Å². The molecule has 4 nitrogen and oxygen atoms in total. The number of rotatable bonds is 4. The van der Waals surface area contributed by atoms with Gasteiger partial charge in [-0.2, -0.15) is 0 Å². The largest absolute Gasteiger partial charge is 0.497 e. The summed E-state index contributed by atoms with van der Waals surface area (Å²) in [5, 5.41) is 8.95. The molecule has 2 rings (SSSR count). The Morgan fingerprint density at radius 2 is 1.70 bits per heavy atom. The van der Waals surface area contributed by atoms with E-state index in [9.17, 15) is 9.18 Å². The summed E-state index contributed by atoms with van der Waals surface area (Å²) < 4.78 is 24.5. The maximum Gasteiger partial charge on any atom is 0.338 e. The number of hydrogen-bond donors (Lipinski definition) is 1. The number of methoxy groups -OCH3 is 2. The lowest BCUT2D eigenvalue weighted by molar-refractivity contribution is 0.0692. The van der Waals surface area contributed by atoms with Crippen LogP contribution in [0.5, 0.6) is 11.5 Å². The van der Waals surface area contributed by atoms with E-state index in [1.165, 1.54) is 32.4 Å². The minimum absolute atomic E-state index is 0.183. The minimum atomic E-state index is -1.31. The summed E-state index contributed by atoms with van der Waals surface area (Å²) >= 11 is 0. The van der Waals surface area contributed by atoms with Crippen LogP contribution < -0.4 is 9.47 Å².